The first kappa shape index (κ1) is 16.4. The van der Waals surface area contributed by atoms with Gasteiger partial charge in [-0.1, -0.05) is 23.7 Å². The van der Waals surface area contributed by atoms with Crippen LogP contribution in [0, 0.1) is 3.57 Å². The number of halogens is 2. The summed E-state index contributed by atoms with van der Waals surface area (Å²) in [6.45, 7) is 0. The van der Waals surface area contributed by atoms with Crippen molar-refractivity contribution in [2.45, 2.75) is 12.5 Å². The van der Waals surface area contributed by atoms with Crippen molar-refractivity contribution in [1.29, 1.82) is 0 Å². The van der Waals surface area contributed by atoms with Gasteiger partial charge in [0.05, 0.1) is 19.2 Å². The van der Waals surface area contributed by atoms with Gasteiger partial charge in [0, 0.05) is 9.61 Å². The van der Waals surface area contributed by atoms with Crippen molar-refractivity contribution in [2.24, 2.45) is 5.73 Å². The van der Waals surface area contributed by atoms with Crippen LogP contribution in [0.4, 0.5) is 0 Å². The van der Waals surface area contributed by atoms with Gasteiger partial charge in [-0.05, 0) is 64.4 Å². The zero-order chi connectivity index (χ0) is 15.4. The fourth-order valence-electron chi connectivity index (χ4n) is 2.14. The summed E-state index contributed by atoms with van der Waals surface area (Å²) in [4.78, 5) is 0. The molecule has 2 rings (SSSR count). The Kier molecular flexibility index (Phi) is 5.72. The molecule has 0 saturated heterocycles. The fourth-order valence-corrected chi connectivity index (χ4v) is 2.80. The van der Waals surface area contributed by atoms with Gasteiger partial charge < -0.3 is 15.2 Å². The monoisotopic (exact) mass is 417 g/mol. The molecular formula is C16H17ClINO2. The van der Waals surface area contributed by atoms with Crippen molar-refractivity contribution in [3.05, 3.63) is 56.1 Å². The number of nitrogens with two attached hydrogens (primary N) is 1. The van der Waals surface area contributed by atoms with Crippen molar-refractivity contribution in [2.75, 3.05) is 14.2 Å². The van der Waals surface area contributed by atoms with Crippen LogP contribution < -0.4 is 15.2 Å². The molecule has 0 aliphatic rings. The Morgan fingerprint density at radius 3 is 2.38 bits per heavy atom. The number of rotatable bonds is 5. The van der Waals surface area contributed by atoms with Gasteiger partial charge in [0.2, 0.25) is 0 Å². The van der Waals surface area contributed by atoms with Crippen molar-refractivity contribution in [3.63, 3.8) is 0 Å². The topological polar surface area (TPSA) is 44.5 Å². The number of hydrogen-bond donors (Lipinski definition) is 1. The molecule has 1 unspecified atom stereocenters. The first-order valence-electron chi connectivity index (χ1n) is 6.46. The minimum absolute atomic E-state index is 0.151. The normalized spacial score (nSPS) is 12.0. The predicted octanol–water partition coefficient (Wildman–Crippen LogP) is 4.20. The lowest BCUT2D eigenvalue weighted by Gasteiger charge is -2.16. The third-order valence-corrected chi connectivity index (χ3v) is 4.25. The SMILES string of the molecule is COc1cc(C(N)Cc2ccc(I)cc2)cc(Cl)c1OC. The molecule has 2 aromatic carbocycles. The van der Waals surface area contributed by atoms with Crippen LogP contribution in [0.15, 0.2) is 36.4 Å². The molecule has 0 radical (unpaired) electrons. The average Bonchev–Trinajstić information content (AvgIpc) is 2.48. The van der Waals surface area contributed by atoms with E-state index in [0.717, 1.165) is 12.0 Å². The van der Waals surface area contributed by atoms with Crippen molar-refractivity contribution >= 4 is 34.2 Å². The predicted molar refractivity (Wildman–Crippen MR) is 94.3 cm³/mol. The minimum atomic E-state index is -0.151. The van der Waals surface area contributed by atoms with E-state index >= 15 is 0 Å². The average molecular weight is 418 g/mol. The molecule has 2 N–H and O–H groups in total. The van der Waals surface area contributed by atoms with E-state index in [4.69, 9.17) is 26.8 Å². The molecule has 0 spiro atoms. The molecule has 112 valence electrons. The largest absolute Gasteiger partial charge is 0.493 e. The zero-order valence-corrected chi connectivity index (χ0v) is 14.8. The number of benzene rings is 2. The second-order valence-corrected chi connectivity index (χ2v) is 6.33. The van der Waals surface area contributed by atoms with Gasteiger partial charge >= 0.3 is 0 Å². The van der Waals surface area contributed by atoms with Crippen LogP contribution in [0.1, 0.15) is 17.2 Å². The molecule has 0 aliphatic carbocycles. The minimum Gasteiger partial charge on any atom is -0.493 e. The molecule has 1 atom stereocenters. The van der Waals surface area contributed by atoms with E-state index in [9.17, 15) is 0 Å². The van der Waals surface area contributed by atoms with E-state index in [0.29, 0.717) is 16.5 Å². The molecule has 3 nitrogen and oxygen atoms in total. The smallest absolute Gasteiger partial charge is 0.179 e. The summed E-state index contributed by atoms with van der Waals surface area (Å²) in [5.74, 6) is 1.13. The molecule has 21 heavy (non-hydrogen) atoms. The van der Waals surface area contributed by atoms with Crippen molar-refractivity contribution < 1.29 is 9.47 Å². The summed E-state index contributed by atoms with van der Waals surface area (Å²) in [6.07, 6.45) is 0.739. The first-order valence-corrected chi connectivity index (χ1v) is 7.92. The lowest BCUT2D eigenvalue weighted by molar-refractivity contribution is 0.354. The second kappa shape index (κ2) is 7.33. The summed E-state index contributed by atoms with van der Waals surface area (Å²) in [5.41, 5.74) is 8.41. The summed E-state index contributed by atoms with van der Waals surface area (Å²) < 4.78 is 11.7. The summed E-state index contributed by atoms with van der Waals surface area (Å²) in [7, 11) is 3.15. The highest BCUT2D eigenvalue weighted by Gasteiger charge is 2.15. The highest BCUT2D eigenvalue weighted by molar-refractivity contribution is 14.1. The van der Waals surface area contributed by atoms with Gasteiger partial charge in [-0.2, -0.15) is 0 Å². The molecule has 0 saturated carbocycles. The number of hydrogen-bond acceptors (Lipinski definition) is 3. The van der Waals surface area contributed by atoms with Gasteiger partial charge in [0.15, 0.2) is 11.5 Å². The molecule has 0 aliphatic heterocycles. The molecule has 0 heterocycles. The summed E-state index contributed by atoms with van der Waals surface area (Å²) in [5, 5.41) is 0.505. The standard InChI is InChI=1S/C16H17ClINO2/c1-20-15-9-11(8-13(17)16(15)21-2)14(19)7-10-3-5-12(18)6-4-10/h3-6,8-9,14H,7,19H2,1-2H3. The maximum Gasteiger partial charge on any atom is 0.179 e. The van der Waals surface area contributed by atoms with Gasteiger partial charge in [0.1, 0.15) is 0 Å². The van der Waals surface area contributed by atoms with Crippen LogP contribution in [-0.2, 0) is 6.42 Å². The molecule has 5 heteroatoms. The van der Waals surface area contributed by atoms with Gasteiger partial charge in [-0.25, -0.2) is 0 Å². The van der Waals surface area contributed by atoms with Crippen LogP contribution in [0.2, 0.25) is 5.02 Å². The highest BCUT2D eigenvalue weighted by atomic mass is 127. The van der Waals surface area contributed by atoms with Crippen LogP contribution in [0.25, 0.3) is 0 Å². The third kappa shape index (κ3) is 4.02. The third-order valence-electron chi connectivity index (χ3n) is 3.25. The Bertz CT molecular complexity index is 616. The Balaban J connectivity index is 2.24. The fraction of sp³-hybridized carbons (Fsp3) is 0.250. The maximum atomic E-state index is 6.29. The summed E-state index contributed by atoms with van der Waals surface area (Å²) in [6, 6.07) is 11.9. The van der Waals surface area contributed by atoms with Gasteiger partial charge in [-0.15, -0.1) is 0 Å². The lowest BCUT2D eigenvalue weighted by atomic mass is 9.99. The van der Waals surface area contributed by atoms with Crippen LogP contribution in [0.5, 0.6) is 11.5 Å². The Morgan fingerprint density at radius 1 is 1.14 bits per heavy atom. The van der Waals surface area contributed by atoms with E-state index < -0.39 is 0 Å². The number of ether oxygens (including phenoxy) is 2. The van der Waals surface area contributed by atoms with E-state index in [1.165, 1.54) is 9.13 Å². The lowest BCUT2D eigenvalue weighted by Crippen LogP contribution is -2.13. The molecule has 0 aromatic heterocycles. The molecule has 0 bridgehead atoms. The van der Waals surface area contributed by atoms with Gasteiger partial charge in [-0.3, -0.25) is 0 Å². The van der Waals surface area contributed by atoms with Crippen LogP contribution in [0.3, 0.4) is 0 Å². The van der Waals surface area contributed by atoms with E-state index in [2.05, 4.69) is 46.9 Å². The van der Waals surface area contributed by atoms with Gasteiger partial charge in [0.25, 0.3) is 0 Å². The Morgan fingerprint density at radius 2 is 1.81 bits per heavy atom. The van der Waals surface area contributed by atoms with Crippen molar-refractivity contribution in [1.82, 2.24) is 0 Å². The van der Waals surface area contributed by atoms with Crippen LogP contribution >= 0.6 is 34.2 Å². The van der Waals surface area contributed by atoms with Crippen molar-refractivity contribution in [3.8, 4) is 11.5 Å². The second-order valence-electron chi connectivity index (χ2n) is 4.68. The highest BCUT2D eigenvalue weighted by Crippen LogP contribution is 2.37. The Hall–Kier alpha value is -0.980. The quantitative estimate of drug-likeness (QED) is 0.742. The van der Waals surface area contributed by atoms with E-state index in [1.54, 1.807) is 14.2 Å². The molecule has 2 aromatic rings. The van der Waals surface area contributed by atoms with E-state index in [-0.39, 0.29) is 6.04 Å². The Labute approximate surface area is 143 Å². The molecule has 0 fully saturated rings. The maximum absolute atomic E-state index is 6.29. The summed E-state index contributed by atoms with van der Waals surface area (Å²) >= 11 is 8.50. The van der Waals surface area contributed by atoms with Crippen LogP contribution in [-0.4, -0.2) is 14.2 Å². The molecular weight excluding hydrogens is 401 g/mol. The molecule has 0 amide bonds. The number of methoxy groups -OCH3 is 2. The first-order chi connectivity index (χ1) is 10.0. The van der Waals surface area contributed by atoms with E-state index in [1.807, 2.05) is 12.1 Å². The zero-order valence-electron chi connectivity index (χ0n) is 11.9.